The molecule has 0 spiro atoms. The van der Waals surface area contributed by atoms with E-state index in [1.54, 1.807) is 0 Å². The highest BCUT2D eigenvalue weighted by Gasteiger charge is 2.20. The highest BCUT2D eigenvalue weighted by Crippen LogP contribution is 2.33. The fourth-order valence-corrected chi connectivity index (χ4v) is 3.52. The summed E-state index contributed by atoms with van der Waals surface area (Å²) in [5.41, 5.74) is 2.71. The Morgan fingerprint density at radius 3 is 2.83 bits per heavy atom. The molecule has 2 nitrogen and oxygen atoms in total. The Labute approximate surface area is 112 Å². The first-order valence-corrected chi connectivity index (χ1v) is 7.50. The number of rotatable bonds is 1. The van der Waals surface area contributed by atoms with Gasteiger partial charge in [0.1, 0.15) is 0 Å². The topological polar surface area (TPSA) is 24.9 Å². The molecule has 0 saturated carbocycles. The van der Waals surface area contributed by atoms with Gasteiger partial charge in [-0.1, -0.05) is 26.8 Å². The Balaban J connectivity index is 2.01. The molecule has 1 aliphatic rings. The third-order valence-corrected chi connectivity index (χ3v) is 4.96. The number of benzene rings is 1. The lowest BCUT2D eigenvalue weighted by atomic mass is 9.98. The average molecular weight is 260 g/mol. The number of aromatic nitrogens is 1. The van der Waals surface area contributed by atoms with Crippen LogP contribution in [0, 0.1) is 0 Å². The second kappa shape index (κ2) is 4.32. The van der Waals surface area contributed by atoms with Gasteiger partial charge in [0.2, 0.25) is 0 Å². The van der Waals surface area contributed by atoms with Crippen LogP contribution < -0.4 is 5.32 Å². The van der Waals surface area contributed by atoms with Gasteiger partial charge in [-0.15, -0.1) is 11.3 Å². The van der Waals surface area contributed by atoms with Gasteiger partial charge in [-0.25, -0.2) is 4.98 Å². The van der Waals surface area contributed by atoms with Gasteiger partial charge in [0.05, 0.1) is 15.2 Å². The van der Waals surface area contributed by atoms with Gasteiger partial charge in [0, 0.05) is 11.5 Å². The van der Waals surface area contributed by atoms with Crippen molar-refractivity contribution >= 4 is 21.6 Å². The third kappa shape index (κ3) is 2.17. The molecule has 3 heteroatoms. The second-order valence-corrected chi connectivity index (χ2v) is 7.18. The molecule has 2 aromatic rings. The van der Waals surface area contributed by atoms with E-state index in [-0.39, 0.29) is 5.41 Å². The molecule has 1 saturated heterocycles. The lowest BCUT2D eigenvalue weighted by Crippen LogP contribution is -2.12. The van der Waals surface area contributed by atoms with Gasteiger partial charge in [-0.3, -0.25) is 0 Å². The van der Waals surface area contributed by atoms with Crippen LogP contribution in [0.2, 0.25) is 0 Å². The molecule has 0 radical (unpaired) electrons. The number of hydrogen-bond acceptors (Lipinski definition) is 3. The van der Waals surface area contributed by atoms with E-state index in [4.69, 9.17) is 4.98 Å². The van der Waals surface area contributed by atoms with E-state index in [1.807, 2.05) is 11.3 Å². The number of thiazole rings is 1. The van der Waals surface area contributed by atoms with Crippen LogP contribution in [0.15, 0.2) is 18.2 Å². The molecule has 1 aromatic carbocycles. The van der Waals surface area contributed by atoms with Crippen LogP contribution in [-0.2, 0) is 5.41 Å². The highest BCUT2D eigenvalue weighted by molar-refractivity contribution is 7.18. The smallest absolute Gasteiger partial charge is 0.0992 e. The zero-order valence-corrected chi connectivity index (χ0v) is 12.1. The lowest BCUT2D eigenvalue weighted by Gasteiger charge is -2.13. The Hall–Kier alpha value is -0.930. The SMILES string of the molecule is CC(C)(C)c1nc2ccc(C3CCCN3)cc2s1. The maximum absolute atomic E-state index is 4.75. The van der Waals surface area contributed by atoms with Gasteiger partial charge in [0.25, 0.3) is 0 Å². The van der Waals surface area contributed by atoms with Gasteiger partial charge in [-0.05, 0) is 37.1 Å². The van der Waals surface area contributed by atoms with Crippen LogP contribution in [0.4, 0.5) is 0 Å². The van der Waals surface area contributed by atoms with Gasteiger partial charge in [-0.2, -0.15) is 0 Å². The van der Waals surface area contributed by atoms with Crippen molar-refractivity contribution in [2.24, 2.45) is 0 Å². The Kier molecular flexibility index (Phi) is 2.91. The first-order chi connectivity index (χ1) is 8.54. The van der Waals surface area contributed by atoms with E-state index in [1.165, 1.54) is 28.1 Å². The van der Waals surface area contributed by atoms with Crippen LogP contribution in [0.5, 0.6) is 0 Å². The summed E-state index contributed by atoms with van der Waals surface area (Å²) in [7, 11) is 0. The van der Waals surface area contributed by atoms with E-state index in [0.717, 1.165) is 12.1 Å². The molecule has 1 N–H and O–H groups in total. The molecule has 1 unspecified atom stereocenters. The fourth-order valence-electron chi connectivity index (χ4n) is 2.45. The molecule has 96 valence electrons. The molecular formula is C15H20N2S. The minimum absolute atomic E-state index is 0.148. The summed E-state index contributed by atoms with van der Waals surface area (Å²) in [5, 5.41) is 4.79. The summed E-state index contributed by atoms with van der Waals surface area (Å²) >= 11 is 1.84. The molecule has 2 heterocycles. The van der Waals surface area contributed by atoms with E-state index in [0.29, 0.717) is 6.04 Å². The molecule has 1 fully saturated rings. The predicted octanol–water partition coefficient (Wildman–Crippen LogP) is 4.02. The number of nitrogens with one attached hydrogen (secondary N) is 1. The number of nitrogens with zero attached hydrogens (tertiary/aromatic N) is 1. The molecule has 18 heavy (non-hydrogen) atoms. The minimum Gasteiger partial charge on any atom is -0.310 e. The van der Waals surface area contributed by atoms with Crippen molar-refractivity contribution in [3.8, 4) is 0 Å². The van der Waals surface area contributed by atoms with Crippen molar-refractivity contribution < 1.29 is 0 Å². The number of hydrogen-bond donors (Lipinski definition) is 1. The molecule has 0 bridgehead atoms. The monoisotopic (exact) mass is 260 g/mol. The molecule has 1 aliphatic heterocycles. The summed E-state index contributed by atoms with van der Waals surface area (Å²) in [5.74, 6) is 0. The van der Waals surface area contributed by atoms with Gasteiger partial charge >= 0.3 is 0 Å². The van der Waals surface area contributed by atoms with Crippen LogP contribution in [0.3, 0.4) is 0 Å². The summed E-state index contributed by atoms with van der Waals surface area (Å²) < 4.78 is 1.33. The van der Waals surface area contributed by atoms with Crippen LogP contribution >= 0.6 is 11.3 Å². The van der Waals surface area contributed by atoms with Gasteiger partial charge < -0.3 is 5.32 Å². The van der Waals surface area contributed by atoms with Crippen LogP contribution in [0.25, 0.3) is 10.2 Å². The lowest BCUT2D eigenvalue weighted by molar-refractivity contribution is 0.587. The van der Waals surface area contributed by atoms with Crippen molar-refractivity contribution in [2.75, 3.05) is 6.54 Å². The third-order valence-electron chi connectivity index (χ3n) is 3.52. The first kappa shape index (κ1) is 12.1. The summed E-state index contributed by atoms with van der Waals surface area (Å²) in [6.07, 6.45) is 2.55. The molecular weight excluding hydrogens is 240 g/mol. The fraction of sp³-hybridized carbons (Fsp3) is 0.533. The zero-order valence-electron chi connectivity index (χ0n) is 11.3. The maximum Gasteiger partial charge on any atom is 0.0992 e. The molecule has 0 aliphatic carbocycles. The highest BCUT2D eigenvalue weighted by atomic mass is 32.1. The number of fused-ring (bicyclic) bond motifs is 1. The van der Waals surface area contributed by atoms with E-state index in [2.05, 4.69) is 44.3 Å². The van der Waals surface area contributed by atoms with E-state index >= 15 is 0 Å². The Morgan fingerprint density at radius 1 is 1.33 bits per heavy atom. The predicted molar refractivity (Wildman–Crippen MR) is 78.3 cm³/mol. The largest absolute Gasteiger partial charge is 0.310 e. The van der Waals surface area contributed by atoms with E-state index < -0.39 is 0 Å². The Morgan fingerprint density at radius 2 is 2.17 bits per heavy atom. The average Bonchev–Trinajstić information content (AvgIpc) is 2.96. The standard InChI is InChI=1S/C15H20N2S/c1-15(2,3)14-17-12-7-6-10(9-13(12)18-14)11-5-4-8-16-11/h6-7,9,11,16H,4-5,8H2,1-3H3. The maximum atomic E-state index is 4.75. The second-order valence-electron chi connectivity index (χ2n) is 6.15. The molecule has 1 atom stereocenters. The quantitative estimate of drug-likeness (QED) is 0.837. The van der Waals surface area contributed by atoms with Crippen molar-refractivity contribution in [1.29, 1.82) is 0 Å². The normalized spacial score (nSPS) is 20.7. The van der Waals surface area contributed by atoms with Gasteiger partial charge in [0.15, 0.2) is 0 Å². The Bertz CT molecular complexity index is 559. The van der Waals surface area contributed by atoms with Crippen molar-refractivity contribution in [3.63, 3.8) is 0 Å². The molecule has 3 rings (SSSR count). The zero-order chi connectivity index (χ0) is 12.8. The van der Waals surface area contributed by atoms with Crippen molar-refractivity contribution in [3.05, 3.63) is 28.8 Å². The van der Waals surface area contributed by atoms with Crippen molar-refractivity contribution in [2.45, 2.75) is 45.1 Å². The molecule has 0 amide bonds. The minimum atomic E-state index is 0.148. The summed E-state index contributed by atoms with van der Waals surface area (Å²) in [6, 6.07) is 7.29. The summed E-state index contributed by atoms with van der Waals surface area (Å²) in [4.78, 5) is 4.75. The van der Waals surface area contributed by atoms with Crippen molar-refractivity contribution in [1.82, 2.24) is 10.3 Å². The first-order valence-electron chi connectivity index (χ1n) is 6.68. The van der Waals surface area contributed by atoms with Crippen LogP contribution in [0.1, 0.15) is 50.2 Å². The summed E-state index contributed by atoms with van der Waals surface area (Å²) in [6.45, 7) is 7.83. The molecule has 1 aromatic heterocycles. The van der Waals surface area contributed by atoms with Crippen LogP contribution in [-0.4, -0.2) is 11.5 Å². The van der Waals surface area contributed by atoms with E-state index in [9.17, 15) is 0 Å².